The van der Waals surface area contributed by atoms with E-state index in [0.29, 0.717) is 5.92 Å². The molecule has 0 spiro atoms. The molecule has 3 heteroatoms. The predicted octanol–water partition coefficient (Wildman–Crippen LogP) is 3.31. The largest absolute Gasteiger partial charge is 0.354 e. The summed E-state index contributed by atoms with van der Waals surface area (Å²) in [7, 11) is 0. The van der Waals surface area contributed by atoms with Crippen molar-refractivity contribution < 1.29 is 0 Å². The number of rotatable bonds is 4. The molecule has 1 heterocycles. The topological polar surface area (TPSA) is 37.8 Å². The number of nitrogens with zero attached hydrogens (tertiary/aromatic N) is 2. The molecular weight excluding hydrogens is 222 g/mol. The minimum absolute atomic E-state index is 0.440. The van der Waals surface area contributed by atoms with Crippen LogP contribution in [0.25, 0.3) is 0 Å². The van der Waals surface area contributed by atoms with E-state index in [-0.39, 0.29) is 0 Å². The first-order valence-corrected chi connectivity index (χ1v) is 6.26. The van der Waals surface area contributed by atoms with Crippen molar-refractivity contribution in [2.24, 2.45) is 0 Å². The Bertz CT molecular complexity index is 488. The number of hydrogen-bond donors (Lipinski definition) is 1. The SMILES string of the molecule is Cc1cc(C)nc(NC[C@@H](C)c2ccccc2)n1. The predicted molar refractivity (Wildman–Crippen MR) is 74.9 cm³/mol. The Morgan fingerprint density at radius 3 is 2.28 bits per heavy atom. The summed E-state index contributed by atoms with van der Waals surface area (Å²) in [5.41, 5.74) is 3.32. The molecule has 0 fully saturated rings. The lowest BCUT2D eigenvalue weighted by Crippen LogP contribution is -2.12. The van der Waals surface area contributed by atoms with Gasteiger partial charge in [-0.1, -0.05) is 37.3 Å². The zero-order valence-electron chi connectivity index (χ0n) is 11.1. The number of aromatic nitrogens is 2. The molecular formula is C15H19N3. The van der Waals surface area contributed by atoms with Gasteiger partial charge in [0.2, 0.25) is 5.95 Å². The van der Waals surface area contributed by atoms with Crippen LogP contribution in [0, 0.1) is 13.8 Å². The highest BCUT2D eigenvalue weighted by Gasteiger charge is 2.06. The summed E-state index contributed by atoms with van der Waals surface area (Å²) < 4.78 is 0. The van der Waals surface area contributed by atoms with Crippen molar-refractivity contribution >= 4 is 5.95 Å². The van der Waals surface area contributed by atoms with Gasteiger partial charge in [0.1, 0.15) is 0 Å². The maximum absolute atomic E-state index is 4.38. The minimum atomic E-state index is 0.440. The van der Waals surface area contributed by atoms with Gasteiger partial charge in [-0.3, -0.25) is 0 Å². The van der Waals surface area contributed by atoms with Crippen LogP contribution >= 0.6 is 0 Å². The van der Waals surface area contributed by atoms with E-state index in [2.05, 4.69) is 46.5 Å². The van der Waals surface area contributed by atoms with Crippen LogP contribution in [0.3, 0.4) is 0 Å². The van der Waals surface area contributed by atoms with Crippen LogP contribution in [0.1, 0.15) is 29.8 Å². The highest BCUT2D eigenvalue weighted by atomic mass is 15.1. The summed E-state index contributed by atoms with van der Waals surface area (Å²) in [6, 6.07) is 12.4. The molecule has 1 N–H and O–H groups in total. The number of nitrogens with one attached hydrogen (secondary N) is 1. The first-order valence-electron chi connectivity index (χ1n) is 6.26. The lowest BCUT2D eigenvalue weighted by atomic mass is 10.0. The summed E-state index contributed by atoms with van der Waals surface area (Å²) in [4.78, 5) is 8.75. The second-order valence-electron chi connectivity index (χ2n) is 4.67. The molecule has 18 heavy (non-hydrogen) atoms. The molecule has 0 aliphatic carbocycles. The van der Waals surface area contributed by atoms with Crippen molar-refractivity contribution in [2.75, 3.05) is 11.9 Å². The first kappa shape index (κ1) is 12.6. The molecule has 0 aliphatic heterocycles. The Morgan fingerprint density at radius 1 is 1.06 bits per heavy atom. The van der Waals surface area contributed by atoms with Gasteiger partial charge in [0.15, 0.2) is 0 Å². The first-order chi connectivity index (χ1) is 8.65. The fourth-order valence-corrected chi connectivity index (χ4v) is 1.95. The molecule has 94 valence electrons. The standard InChI is InChI=1S/C15H19N3/c1-11(14-7-5-4-6-8-14)10-16-15-17-12(2)9-13(3)18-15/h4-9,11H,10H2,1-3H3,(H,16,17,18)/t11-/m1/s1. The van der Waals surface area contributed by atoms with Gasteiger partial charge in [0.25, 0.3) is 0 Å². The zero-order valence-corrected chi connectivity index (χ0v) is 11.1. The summed E-state index contributed by atoms with van der Waals surface area (Å²) in [5.74, 6) is 1.16. The number of anilines is 1. The van der Waals surface area contributed by atoms with Crippen molar-refractivity contribution in [3.63, 3.8) is 0 Å². The van der Waals surface area contributed by atoms with Crippen LogP contribution in [0.5, 0.6) is 0 Å². The van der Waals surface area contributed by atoms with Crippen LogP contribution in [-0.4, -0.2) is 16.5 Å². The number of aryl methyl sites for hydroxylation is 2. The van der Waals surface area contributed by atoms with Crippen molar-refractivity contribution in [1.29, 1.82) is 0 Å². The lowest BCUT2D eigenvalue weighted by Gasteiger charge is -2.13. The van der Waals surface area contributed by atoms with E-state index in [9.17, 15) is 0 Å². The Labute approximate surface area is 108 Å². The van der Waals surface area contributed by atoms with Crippen molar-refractivity contribution in [2.45, 2.75) is 26.7 Å². The zero-order chi connectivity index (χ0) is 13.0. The average Bonchev–Trinajstić information content (AvgIpc) is 2.36. The van der Waals surface area contributed by atoms with Crippen LogP contribution in [0.15, 0.2) is 36.4 Å². The van der Waals surface area contributed by atoms with Crippen molar-refractivity contribution in [3.8, 4) is 0 Å². The summed E-state index contributed by atoms with van der Waals surface area (Å²) in [5, 5.41) is 3.30. The molecule has 1 atom stereocenters. The third kappa shape index (κ3) is 3.29. The second kappa shape index (κ2) is 5.63. The number of hydrogen-bond acceptors (Lipinski definition) is 3. The monoisotopic (exact) mass is 241 g/mol. The molecule has 0 amide bonds. The highest BCUT2D eigenvalue weighted by molar-refractivity contribution is 5.29. The van der Waals surface area contributed by atoms with E-state index in [4.69, 9.17) is 0 Å². The van der Waals surface area contributed by atoms with Gasteiger partial charge in [0, 0.05) is 17.9 Å². The third-order valence-corrected chi connectivity index (χ3v) is 2.92. The van der Waals surface area contributed by atoms with E-state index in [1.165, 1.54) is 5.56 Å². The Kier molecular flexibility index (Phi) is 3.92. The van der Waals surface area contributed by atoms with Gasteiger partial charge in [0.05, 0.1) is 0 Å². The maximum Gasteiger partial charge on any atom is 0.223 e. The lowest BCUT2D eigenvalue weighted by molar-refractivity contribution is 0.794. The van der Waals surface area contributed by atoms with Gasteiger partial charge >= 0.3 is 0 Å². The fourth-order valence-electron chi connectivity index (χ4n) is 1.95. The Balaban J connectivity index is 1.99. The Morgan fingerprint density at radius 2 is 1.67 bits per heavy atom. The normalized spacial score (nSPS) is 12.2. The smallest absolute Gasteiger partial charge is 0.223 e. The van der Waals surface area contributed by atoms with Gasteiger partial charge in [-0.25, -0.2) is 9.97 Å². The summed E-state index contributed by atoms with van der Waals surface area (Å²) in [6.45, 7) is 7.01. The molecule has 0 aliphatic rings. The highest BCUT2D eigenvalue weighted by Crippen LogP contribution is 2.15. The van der Waals surface area contributed by atoms with E-state index >= 15 is 0 Å². The average molecular weight is 241 g/mol. The van der Waals surface area contributed by atoms with Crippen LogP contribution in [-0.2, 0) is 0 Å². The molecule has 1 aromatic carbocycles. The van der Waals surface area contributed by atoms with Crippen LogP contribution < -0.4 is 5.32 Å². The molecule has 0 saturated heterocycles. The van der Waals surface area contributed by atoms with E-state index in [1.807, 2.05) is 26.0 Å². The molecule has 1 aromatic heterocycles. The molecule has 0 bridgehead atoms. The molecule has 2 aromatic rings. The second-order valence-corrected chi connectivity index (χ2v) is 4.67. The molecule has 0 saturated carbocycles. The third-order valence-electron chi connectivity index (χ3n) is 2.92. The molecule has 3 nitrogen and oxygen atoms in total. The van der Waals surface area contributed by atoms with Crippen molar-refractivity contribution in [3.05, 3.63) is 53.3 Å². The van der Waals surface area contributed by atoms with E-state index < -0.39 is 0 Å². The van der Waals surface area contributed by atoms with Crippen LogP contribution in [0.4, 0.5) is 5.95 Å². The quantitative estimate of drug-likeness (QED) is 0.892. The molecule has 0 radical (unpaired) electrons. The van der Waals surface area contributed by atoms with Crippen LogP contribution in [0.2, 0.25) is 0 Å². The fraction of sp³-hybridized carbons (Fsp3) is 0.333. The van der Waals surface area contributed by atoms with Gasteiger partial charge < -0.3 is 5.32 Å². The molecule has 0 unspecified atom stereocenters. The van der Waals surface area contributed by atoms with Crippen molar-refractivity contribution in [1.82, 2.24) is 9.97 Å². The van der Waals surface area contributed by atoms with Gasteiger partial charge in [-0.05, 0) is 31.4 Å². The molecule has 2 rings (SSSR count). The minimum Gasteiger partial charge on any atom is -0.354 e. The van der Waals surface area contributed by atoms with E-state index in [1.54, 1.807) is 0 Å². The maximum atomic E-state index is 4.38. The summed E-state index contributed by atoms with van der Waals surface area (Å²) >= 11 is 0. The summed E-state index contributed by atoms with van der Waals surface area (Å²) in [6.07, 6.45) is 0. The van der Waals surface area contributed by atoms with E-state index in [0.717, 1.165) is 23.9 Å². The Hall–Kier alpha value is -1.90. The van der Waals surface area contributed by atoms with Gasteiger partial charge in [-0.2, -0.15) is 0 Å². The van der Waals surface area contributed by atoms with Gasteiger partial charge in [-0.15, -0.1) is 0 Å². The number of benzene rings is 1.